The van der Waals surface area contributed by atoms with Gasteiger partial charge in [0.05, 0.1) is 13.2 Å². The fourth-order valence-electron chi connectivity index (χ4n) is 0.823. The number of carbonyl (C=O) groups excluding carboxylic acids is 1. The summed E-state index contributed by atoms with van der Waals surface area (Å²) >= 11 is 0. The van der Waals surface area contributed by atoms with Crippen LogP contribution in [0.15, 0.2) is 12.7 Å². The number of rotatable bonds is 4. The molecule has 0 fully saturated rings. The quantitative estimate of drug-likeness (QED) is 0.428. The molecule has 0 atom stereocenters. The normalized spacial score (nSPS) is 10.1. The largest absolute Gasteiger partial charge is 0.444 e. The summed E-state index contributed by atoms with van der Waals surface area (Å²) in [6, 6.07) is 0. The van der Waals surface area contributed by atoms with E-state index in [1.54, 1.807) is 13.1 Å². The van der Waals surface area contributed by atoms with Gasteiger partial charge in [0.15, 0.2) is 0 Å². The third kappa shape index (κ3) is 9.46. The first-order valence-corrected chi connectivity index (χ1v) is 5.45. The molecule has 4 nitrogen and oxygen atoms in total. The first-order valence-electron chi connectivity index (χ1n) is 5.45. The molecule has 1 amide bonds. The molecule has 0 aromatic rings. The van der Waals surface area contributed by atoms with Crippen LogP contribution in [0.5, 0.6) is 0 Å². The summed E-state index contributed by atoms with van der Waals surface area (Å²) in [4.78, 5) is 12.9. The van der Waals surface area contributed by atoms with Crippen molar-refractivity contribution < 1.29 is 14.3 Å². The van der Waals surface area contributed by atoms with E-state index in [-0.39, 0.29) is 6.09 Å². The second-order valence-electron chi connectivity index (χ2n) is 4.49. The lowest BCUT2D eigenvalue weighted by Crippen LogP contribution is -2.34. The van der Waals surface area contributed by atoms with Crippen LogP contribution >= 0.6 is 0 Å². The summed E-state index contributed by atoms with van der Waals surface area (Å²) in [5.41, 5.74) is -0.480. The second-order valence-corrected chi connectivity index (χ2v) is 4.49. The molecular formula is C13H21NO3. The van der Waals surface area contributed by atoms with Gasteiger partial charge in [-0.1, -0.05) is 17.9 Å². The van der Waals surface area contributed by atoms with E-state index in [4.69, 9.17) is 9.47 Å². The van der Waals surface area contributed by atoms with Gasteiger partial charge in [0, 0.05) is 7.05 Å². The predicted octanol–water partition coefficient (Wildman–Crippen LogP) is 2.06. The maximum Gasteiger partial charge on any atom is 0.410 e. The molecule has 0 radical (unpaired) electrons. The molecule has 0 rings (SSSR count). The lowest BCUT2D eigenvalue weighted by molar-refractivity contribution is 0.0321. The van der Waals surface area contributed by atoms with Crippen molar-refractivity contribution in [3.05, 3.63) is 12.7 Å². The van der Waals surface area contributed by atoms with E-state index in [9.17, 15) is 4.79 Å². The Morgan fingerprint density at radius 2 is 2.06 bits per heavy atom. The number of amides is 1. The molecule has 0 saturated heterocycles. The van der Waals surface area contributed by atoms with Crippen LogP contribution in [0.2, 0.25) is 0 Å². The van der Waals surface area contributed by atoms with Gasteiger partial charge >= 0.3 is 6.09 Å². The Labute approximate surface area is 104 Å². The molecule has 0 heterocycles. The molecule has 0 aliphatic carbocycles. The third-order valence-corrected chi connectivity index (χ3v) is 1.56. The van der Waals surface area contributed by atoms with Gasteiger partial charge in [-0.25, -0.2) is 4.79 Å². The Morgan fingerprint density at radius 1 is 1.41 bits per heavy atom. The van der Waals surface area contributed by atoms with Crippen LogP contribution in [0.4, 0.5) is 4.79 Å². The Bertz CT molecular complexity index is 307. The van der Waals surface area contributed by atoms with Crippen LogP contribution in [-0.4, -0.2) is 43.4 Å². The first kappa shape index (κ1) is 15.5. The van der Waals surface area contributed by atoms with E-state index < -0.39 is 5.60 Å². The number of nitrogens with zero attached hydrogens (tertiary/aromatic N) is 1. The van der Waals surface area contributed by atoms with Gasteiger partial charge in [-0.15, -0.1) is 6.58 Å². The number of carbonyl (C=O) groups is 1. The molecule has 0 saturated carbocycles. The lowest BCUT2D eigenvalue weighted by atomic mass is 10.2. The molecule has 0 aromatic heterocycles. The van der Waals surface area contributed by atoms with E-state index in [1.165, 1.54) is 4.90 Å². The van der Waals surface area contributed by atoms with Crippen molar-refractivity contribution in [2.24, 2.45) is 0 Å². The van der Waals surface area contributed by atoms with Gasteiger partial charge in [0.25, 0.3) is 0 Å². The highest BCUT2D eigenvalue weighted by atomic mass is 16.6. The minimum absolute atomic E-state index is 0.326. The molecule has 96 valence electrons. The highest BCUT2D eigenvalue weighted by molar-refractivity contribution is 5.68. The van der Waals surface area contributed by atoms with Crippen LogP contribution in [0, 0.1) is 11.8 Å². The molecule has 0 unspecified atom stereocenters. The van der Waals surface area contributed by atoms with Crippen LogP contribution in [0.1, 0.15) is 20.8 Å². The zero-order valence-electron chi connectivity index (χ0n) is 11.1. The van der Waals surface area contributed by atoms with Crippen LogP contribution in [-0.2, 0) is 9.47 Å². The Balaban J connectivity index is 3.88. The van der Waals surface area contributed by atoms with Crippen molar-refractivity contribution in [1.29, 1.82) is 0 Å². The van der Waals surface area contributed by atoms with Gasteiger partial charge in [-0.05, 0) is 20.8 Å². The number of hydrogen-bond acceptors (Lipinski definition) is 3. The van der Waals surface area contributed by atoms with Crippen molar-refractivity contribution in [2.75, 3.05) is 26.8 Å². The van der Waals surface area contributed by atoms with Gasteiger partial charge < -0.3 is 14.4 Å². The summed E-state index contributed by atoms with van der Waals surface area (Å²) in [5.74, 6) is 5.63. The van der Waals surface area contributed by atoms with Crippen molar-refractivity contribution in [3.8, 4) is 11.8 Å². The minimum Gasteiger partial charge on any atom is -0.444 e. The zero-order valence-corrected chi connectivity index (χ0v) is 11.1. The van der Waals surface area contributed by atoms with Crippen molar-refractivity contribution in [3.63, 3.8) is 0 Å². The fourth-order valence-corrected chi connectivity index (χ4v) is 0.823. The first-order chi connectivity index (χ1) is 7.87. The molecule has 0 N–H and O–H groups in total. The Kier molecular flexibility index (Phi) is 7.08. The zero-order chi connectivity index (χ0) is 13.3. The van der Waals surface area contributed by atoms with Crippen molar-refractivity contribution in [2.45, 2.75) is 26.4 Å². The summed E-state index contributed by atoms with van der Waals surface area (Å²) < 4.78 is 10.2. The van der Waals surface area contributed by atoms with Gasteiger partial charge in [-0.3, -0.25) is 0 Å². The molecular weight excluding hydrogens is 218 g/mol. The van der Waals surface area contributed by atoms with Gasteiger partial charge in [-0.2, -0.15) is 0 Å². The summed E-state index contributed by atoms with van der Waals surface area (Å²) in [5, 5.41) is 0. The summed E-state index contributed by atoms with van der Waals surface area (Å²) in [6.45, 7) is 10.2. The van der Waals surface area contributed by atoms with Crippen molar-refractivity contribution >= 4 is 6.09 Å². The second kappa shape index (κ2) is 7.75. The fraction of sp³-hybridized carbons (Fsp3) is 0.615. The minimum atomic E-state index is -0.480. The molecule has 0 aromatic carbocycles. The van der Waals surface area contributed by atoms with Crippen LogP contribution in [0.25, 0.3) is 0 Å². The summed E-state index contributed by atoms with van der Waals surface area (Å²) in [7, 11) is 1.65. The van der Waals surface area contributed by atoms with Crippen LogP contribution in [0.3, 0.4) is 0 Å². The van der Waals surface area contributed by atoms with Gasteiger partial charge in [0.2, 0.25) is 0 Å². The topological polar surface area (TPSA) is 38.8 Å². The van der Waals surface area contributed by atoms with Crippen LogP contribution < -0.4 is 0 Å². The van der Waals surface area contributed by atoms with E-state index in [1.807, 2.05) is 20.8 Å². The lowest BCUT2D eigenvalue weighted by Gasteiger charge is -2.23. The monoisotopic (exact) mass is 239 g/mol. The van der Waals surface area contributed by atoms with Crippen molar-refractivity contribution in [1.82, 2.24) is 4.90 Å². The highest BCUT2D eigenvalue weighted by Gasteiger charge is 2.18. The molecule has 0 aliphatic heterocycles. The number of ether oxygens (including phenoxy) is 2. The smallest absolute Gasteiger partial charge is 0.410 e. The molecule has 0 aliphatic rings. The predicted molar refractivity (Wildman–Crippen MR) is 67.7 cm³/mol. The molecule has 17 heavy (non-hydrogen) atoms. The number of hydrogen-bond donors (Lipinski definition) is 0. The highest BCUT2D eigenvalue weighted by Crippen LogP contribution is 2.08. The standard InChI is InChI=1S/C13H21NO3/c1-6-10-16-11-8-7-9-14(5)12(15)17-13(2,3)4/h6H,1,9-11H2,2-5H3. The molecule has 0 bridgehead atoms. The SMILES string of the molecule is C=CCOCC#CCN(C)C(=O)OC(C)(C)C. The van der Waals surface area contributed by atoms with Gasteiger partial charge in [0.1, 0.15) is 12.2 Å². The molecule has 0 spiro atoms. The average molecular weight is 239 g/mol. The Morgan fingerprint density at radius 3 is 2.59 bits per heavy atom. The third-order valence-electron chi connectivity index (χ3n) is 1.56. The van der Waals surface area contributed by atoms with E-state index in [2.05, 4.69) is 18.4 Å². The van der Waals surface area contributed by atoms with E-state index in [0.29, 0.717) is 19.8 Å². The average Bonchev–Trinajstić information content (AvgIpc) is 2.20. The summed E-state index contributed by atoms with van der Waals surface area (Å²) in [6.07, 6.45) is 1.29. The molecule has 4 heteroatoms. The Hall–Kier alpha value is -1.47. The van der Waals surface area contributed by atoms with E-state index in [0.717, 1.165) is 0 Å². The maximum absolute atomic E-state index is 11.5. The maximum atomic E-state index is 11.5. The van der Waals surface area contributed by atoms with E-state index >= 15 is 0 Å².